The van der Waals surface area contributed by atoms with E-state index in [9.17, 15) is 14.7 Å². The van der Waals surface area contributed by atoms with E-state index in [-0.39, 0.29) is 30.9 Å². The van der Waals surface area contributed by atoms with Gasteiger partial charge in [-0.3, -0.25) is 9.59 Å². The van der Waals surface area contributed by atoms with E-state index >= 15 is 0 Å². The van der Waals surface area contributed by atoms with Gasteiger partial charge in [0.2, 0.25) is 11.8 Å². The lowest BCUT2D eigenvalue weighted by Gasteiger charge is -2.52. The van der Waals surface area contributed by atoms with Gasteiger partial charge in [-0.25, -0.2) is 0 Å². The maximum Gasteiger partial charge on any atom is 0.238 e. The van der Waals surface area contributed by atoms with Gasteiger partial charge in [-0.1, -0.05) is 36.4 Å². The summed E-state index contributed by atoms with van der Waals surface area (Å²) in [6, 6.07) is 15.1. The van der Waals surface area contributed by atoms with Gasteiger partial charge in [0.15, 0.2) is 5.72 Å². The molecule has 0 radical (unpaired) electrons. The number of aliphatic hydroxyl groups excluding tert-OH is 1. The number of aliphatic hydroxyl groups is 1. The highest BCUT2D eigenvalue weighted by atomic mass is 16.5. The molecule has 2 N–H and O–H groups in total. The number of ether oxygens (including phenoxy) is 1. The molecule has 2 aliphatic heterocycles. The van der Waals surface area contributed by atoms with Crippen LogP contribution in [0.4, 0.5) is 5.69 Å². The summed E-state index contributed by atoms with van der Waals surface area (Å²) in [6.45, 7) is 3.69. The van der Waals surface area contributed by atoms with Crippen LogP contribution in [0.1, 0.15) is 30.4 Å². The Labute approximate surface area is 164 Å². The number of rotatable bonds is 4. The molecule has 146 valence electrons. The number of likely N-dealkylation sites (tertiary alicyclic amines) is 1. The topological polar surface area (TPSA) is 78.9 Å². The van der Waals surface area contributed by atoms with Crippen molar-refractivity contribution in [2.24, 2.45) is 5.92 Å². The molecule has 3 atom stereocenters. The molecule has 2 aliphatic rings. The molecule has 0 unspecified atom stereocenters. The van der Waals surface area contributed by atoms with E-state index in [0.29, 0.717) is 17.9 Å². The Bertz CT molecular complexity index is 928. The zero-order chi connectivity index (χ0) is 19.9. The quantitative estimate of drug-likeness (QED) is 0.800. The van der Waals surface area contributed by atoms with Crippen LogP contribution in [0.15, 0.2) is 48.5 Å². The van der Waals surface area contributed by atoms with Crippen LogP contribution in [0.25, 0.3) is 0 Å². The number of amides is 2. The third-order valence-corrected chi connectivity index (χ3v) is 5.76. The SMILES string of the molecule is Cc1ccccc1NC(=O)[C@H]1C(=O)N(CCO)[C@]2(C)C[C@H]1c1ccccc1O2. The van der Waals surface area contributed by atoms with Gasteiger partial charge in [0.25, 0.3) is 0 Å². The van der Waals surface area contributed by atoms with Crippen molar-refractivity contribution in [3.63, 3.8) is 0 Å². The maximum absolute atomic E-state index is 13.3. The Balaban J connectivity index is 1.74. The van der Waals surface area contributed by atoms with Gasteiger partial charge >= 0.3 is 0 Å². The number of para-hydroxylation sites is 2. The molecular formula is C22H24N2O4. The maximum atomic E-state index is 13.3. The summed E-state index contributed by atoms with van der Waals surface area (Å²) >= 11 is 0. The Hall–Kier alpha value is -2.86. The average molecular weight is 380 g/mol. The first-order chi connectivity index (χ1) is 13.4. The van der Waals surface area contributed by atoms with E-state index in [2.05, 4.69) is 5.32 Å². The number of fused-ring (bicyclic) bond motifs is 4. The van der Waals surface area contributed by atoms with Crippen molar-refractivity contribution < 1.29 is 19.4 Å². The normalized spacial score (nSPS) is 25.7. The van der Waals surface area contributed by atoms with E-state index < -0.39 is 11.6 Å². The van der Waals surface area contributed by atoms with Crippen molar-refractivity contribution in [3.05, 3.63) is 59.7 Å². The lowest BCUT2D eigenvalue weighted by Crippen LogP contribution is -2.64. The Morgan fingerprint density at radius 3 is 2.71 bits per heavy atom. The molecular weight excluding hydrogens is 356 g/mol. The van der Waals surface area contributed by atoms with Crippen molar-refractivity contribution in [3.8, 4) is 5.75 Å². The van der Waals surface area contributed by atoms with Crippen LogP contribution in [0.5, 0.6) is 5.75 Å². The summed E-state index contributed by atoms with van der Waals surface area (Å²) in [5, 5.41) is 12.4. The van der Waals surface area contributed by atoms with Gasteiger partial charge in [-0.05, 0) is 37.1 Å². The molecule has 1 saturated heterocycles. The fourth-order valence-corrected chi connectivity index (χ4v) is 4.38. The molecule has 2 heterocycles. The van der Waals surface area contributed by atoms with E-state index in [1.54, 1.807) is 0 Å². The van der Waals surface area contributed by atoms with Gasteiger partial charge in [-0.2, -0.15) is 0 Å². The highest BCUT2D eigenvalue weighted by Crippen LogP contribution is 2.50. The van der Waals surface area contributed by atoms with Crippen LogP contribution in [-0.2, 0) is 9.59 Å². The number of nitrogens with zero attached hydrogens (tertiary/aromatic N) is 1. The number of hydrogen-bond acceptors (Lipinski definition) is 4. The summed E-state index contributed by atoms with van der Waals surface area (Å²) in [4.78, 5) is 28.1. The van der Waals surface area contributed by atoms with Gasteiger partial charge in [-0.15, -0.1) is 0 Å². The minimum atomic E-state index is -0.877. The molecule has 2 bridgehead atoms. The standard InChI is InChI=1S/C22H24N2O4/c1-14-7-3-5-9-17(14)23-20(26)19-16-13-22(2,24(11-12-25)21(19)27)28-18-10-6-4-8-15(16)18/h3-10,16,19,25H,11-13H2,1-2H3,(H,23,26)/t16-,19-,22-/m0/s1. The summed E-state index contributed by atoms with van der Waals surface area (Å²) in [5.74, 6) is -1.10. The Morgan fingerprint density at radius 1 is 1.25 bits per heavy atom. The van der Waals surface area contributed by atoms with Gasteiger partial charge in [0.1, 0.15) is 11.7 Å². The molecule has 2 aromatic rings. The van der Waals surface area contributed by atoms with Crippen molar-refractivity contribution in [1.82, 2.24) is 4.90 Å². The number of β-amino-alcohol motifs (C(OH)–C–C–N with tert-alkyl or cyclic N) is 1. The molecule has 0 aliphatic carbocycles. The molecule has 28 heavy (non-hydrogen) atoms. The first-order valence-electron chi connectivity index (χ1n) is 9.51. The van der Waals surface area contributed by atoms with Crippen LogP contribution < -0.4 is 10.1 Å². The molecule has 6 heteroatoms. The molecule has 0 aromatic heterocycles. The van der Waals surface area contributed by atoms with Crippen LogP contribution in [0.3, 0.4) is 0 Å². The highest BCUT2D eigenvalue weighted by Gasteiger charge is 2.55. The van der Waals surface area contributed by atoms with Crippen LogP contribution in [0.2, 0.25) is 0 Å². The second-order valence-electron chi connectivity index (χ2n) is 7.62. The summed E-state index contributed by atoms with van der Waals surface area (Å²) in [5.41, 5.74) is 1.63. The minimum Gasteiger partial charge on any atom is -0.468 e. The number of nitrogens with one attached hydrogen (secondary N) is 1. The van der Waals surface area contributed by atoms with Crippen molar-refractivity contribution in [2.75, 3.05) is 18.5 Å². The average Bonchev–Trinajstić information content (AvgIpc) is 2.67. The van der Waals surface area contributed by atoms with Crippen molar-refractivity contribution >= 4 is 17.5 Å². The third-order valence-electron chi connectivity index (χ3n) is 5.76. The van der Waals surface area contributed by atoms with E-state index in [4.69, 9.17) is 4.74 Å². The second-order valence-corrected chi connectivity index (χ2v) is 7.62. The first-order valence-corrected chi connectivity index (χ1v) is 9.51. The molecule has 0 saturated carbocycles. The molecule has 0 spiro atoms. The largest absolute Gasteiger partial charge is 0.468 e. The smallest absolute Gasteiger partial charge is 0.238 e. The predicted octanol–water partition coefficient (Wildman–Crippen LogP) is 2.67. The van der Waals surface area contributed by atoms with Crippen molar-refractivity contribution in [2.45, 2.75) is 31.9 Å². The summed E-state index contributed by atoms with van der Waals surface area (Å²) < 4.78 is 6.15. The number of piperidine rings is 1. The summed E-state index contributed by atoms with van der Waals surface area (Å²) in [6.07, 6.45) is 0.502. The predicted molar refractivity (Wildman–Crippen MR) is 105 cm³/mol. The van der Waals surface area contributed by atoms with Crippen molar-refractivity contribution in [1.29, 1.82) is 0 Å². The van der Waals surface area contributed by atoms with Crippen LogP contribution >= 0.6 is 0 Å². The fraction of sp³-hybridized carbons (Fsp3) is 0.364. The molecule has 2 amide bonds. The monoisotopic (exact) mass is 380 g/mol. The molecule has 6 nitrogen and oxygen atoms in total. The second kappa shape index (κ2) is 6.95. The number of aryl methyl sites for hydroxylation is 1. The van der Waals surface area contributed by atoms with E-state index in [0.717, 1.165) is 11.1 Å². The zero-order valence-electron chi connectivity index (χ0n) is 16.0. The van der Waals surface area contributed by atoms with Crippen LogP contribution in [0, 0.1) is 12.8 Å². The summed E-state index contributed by atoms with van der Waals surface area (Å²) in [7, 11) is 0. The van der Waals surface area contributed by atoms with Gasteiger partial charge in [0, 0.05) is 24.6 Å². The van der Waals surface area contributed by atoms with Gasteiger partial charge < -0.3 is 20.1 Å². The number of benzene rings is 2. The molecule has 4 rings (SSSR count). The molecule has 1 fully saturated rings. The minimum absolute atomic E-state index is 0.123. The first kappa shape index (κ1) is 18.5. The fourth-order valence-electron chi connectivity index (χ4n) is 4.38. The number of anilines is 1. The molecule has 2 aromatic carbocycles. The Morgan fingerprint density at radius 2 is 1.96 bits per heavy atom. The van der Waals surface area contributed by atoms with Crippen LogP contribution in [-0.4, -0.2) is 40.7 Å². The zero-order valence-corrected chi connectivity index (χ0v) is 16.0. The lowest BCUT2D eigenvalue weighted by molar-refractivity contribution is -0.176. The third kappa shape index (κ3) is 2.94. The van der Waals surface area contributed by atoms with Gasteiger partial charge in [0.05, 0.1) is 6.61 Å². The number of carbonyl (C=O) groups excluding carboxylic acids is 2. The Kier molecular flexibility index (Phi) is 4.59. The number of carbonyl (C=O) groups is 2. The lowest BCUT2D eigenvalue weighted by atomic mass is 9.73. The van der Waals surface area contributed by atoms with E-state index in [1.165, 1.54) is 4.90 Å². The number of hydrogen-bond donors (Lipinski definition) is 2. The van der Waals surface area contributed by atoms with E-state index in [1.807, 2.05) is 62.4 Å². The highest BCUT2D eigenvalue weighted by molar-refractivity contribution is 6.08.